The van der Waals surface area contributed by atoms with Gasteiger partial charge in [0.25, 0.3) is 11.6 Å². The number of benzene rings is 1. The number of hydrogen-bond donors (Lipinski definition) is 0. The van der Waals surface area contributed by atoms with E-state index in [1.807, 2.05) is 0 Å². The molecule has 1 aromatic carbocycles. The van der Waals surface area contributed by atoms with Gasteiger partial charge in [0, 0.05) is 18.7 Å². The lowest BCUT2D eigenvalue weighted by Gasteiger charge is -2.20. The fourth-order valence-electron chi connectivity index (χ4n) is 1.92. The number of nitrogens with zero attached hydrogens (tertiary/aromatic N) is 2. The Morgan fingerprint density at radius 1 is 1.58 bits per heavy atom. The van der Waals surface area contributed by atoms with Crippen LogP contribution in [0.4, 0.5) is 10.1 Å². The number of hydrogen-bond acceptors (Lipinski definition) is 3. The van der Waals surface area contributed by atoms with E-state index >= 15 is 0 Å². The summed E-state index contributed by atoms with van der Waals surface area (Å²) in [5, 5.41) is 10.9. The van der Waals surface area contributed by atoms with Gasteiger partial charge in [0.1, 0.15) is 11.4 Å². The maximum absolute atomic E-state index is 13.2. The SMILES string of the molecule is C=CCN(C(=O)c1cc(F)ccc1[N+](=O)[O-])C1CC1. The van der Waals surface area contributed by atoms with Crippen molar-refractivity contribution in [2.45, 2.75) is 18.9 Å². The molecule has 6 heteroatoms. The van der Waals surface area contributed by atoms with Crippen LogP contribution >= 0.6 is 0 Å². The molecular weight excluding hydrogens is 251 g/mol. The molecule has 1 aromatic rings. The second kappa shape index (κ2) is 5.17. The van der Waals surface area contributed by atoms with E-state index in [4.69, 9.17) is 0 Å². The second-order valence-corrected chi connectivity index (χ2v) is 4.40. The Morgan fingerprint density at radius 2 is 2.26 bits per heavy atom. The summed E-state index contributed by atoms with van der Waals surface area (Å²) >= 11 is 0. The molecule has 1 fully saturated rings. The maximum atomic E-state index is 13.2. The number of nitro benzene ring substituents is 1. The van der Waals surface area contributed by atoms with Gasteiger partial charge in [-0.1, -0.05) is 6.08 Å². The molecule has 1 aliphatic rings. The Labute approximate surface area is 109 Å². The fraction of sp³-hybridized carbons (Fsp3) is 0.308. The van der Waals surface area contributed by atoms with Crippen molar-refractivity contribution in [3.05, 3.63) is 52.3 Å². The van der Waals surface area contributed by atoms with Gasteiger partial charge in [0.05, 0.1) is 4.92 Å². The van der Waals surface area contributed by atoms with Crippen molar-refractivity contribution in [3.8, 4) is 0 Å². The predicted octanol–water partition coefficient (Wildman–Crippen LogP) is 2.52. The van der Waals surface area contributed by atoms with Crippen LogP contribution in [-0.4, -0.2) is 28.3 Å². The normalized spacial score (nSPS) is 13.9. The summed E-state index contributed by atoms with van der Waals surface area (Å²) in [4.78, 5) is 24.0. The number of nitro groups is 1. The summed E-state index contributed by atoms with van der Waals surface area (Å²) in [6.45, 7) is 3.86. The Morgan fingerprint density at radius 3 is 2.79 bits per heavy atom. The Bertz CT molecular complexity index is 541. The molecule has 1 amide bonds. The smallest absolute Gasteiger partial charge is 0.282 e. The first kappa shape index (κ1) is 13.2. The van der Waals surface area contributed by atoms with Crippen molar-refractivity contribution in [1.82, 2.24) is 4.90 Å². The largest absolute Gasteiger partial charge is 0.332 e. The van der Waals surface area contributed by atoms with Crippen LogP contribution < -0.4 is 0 Å². The zero-order valence-corrected chi connectivity index (χ0v) is 10.2. The predicted molar refractivity (Wildman–Crippen MR) is 67.3 cm³/mol. The lowest BCUT2D eigenvalue weighted by molar-refractivity contribution is -0.385. The highest BCUT2D eigenvalue weighted by Crippen LogP contribution is 2.30. The highest BCUT2D eigenvalue weighted by molar-refractivity contribution is 5.98. The molecule has 0 heterocycles. The summed E-state index contributed by atoms with van der Waals surface area (Å²) in [6, 6.07) is 2.98. The third-order valence-electron chi connectivity index (χ3n) is 2.96. The zero-order valence-electron chi connectivity index (χ0n) is 10.2. The van der Waals surface area contributed by atoms with Crippen molar-refractivity contribution in [2.24, 2.45) is 0 Å². The van der Waals surface area contributed by atoms with Crippen molar-refractivity contribution in [2.75, 3.05) is 6.54 Å². The van der Waals surface area contributed by atoms with E-state index in [1.165, 1.54) is 4.90 Å². The van der Waals surface area contributed by atoms with Crippen LogP contribution in [0.25, 0.3) is 0 Å². The molecule has 1 saturated carbocycles. The summed E-state index contributed by atoms with van der Waals surface area (Å²) < 4.78 is 13.2. The van der Waals surface area contributed by atoms with Gasteiger partial charge in [-0.25, -0.2) is 4.39 Å². The molecule has 0 saturated heterocycles. The fourth-order valence-corrected chi connectivity index (χ4v) is 1.92. The van der Waals surface area contributed by atoms with Crippen LogP contribution in [0.2, 0.25) is 0 Å². The molecule has 0 aliphatic heterocycles. The van der Waals surface area contributed by atoms with E-state index < -0.39 is 16.6 Å². The van der Waals surface area contributed by atoms with Gasteiger partial charge in [0.2, 0.25) is 0 Å². The quantitative estimate of drug-likeness (QED) is 0.466. The number of amides is 1. The monoisotopic (exact) mass is 264 g/mol. The molecular formula is C13H13FN2O3. The third-order valence-corrected chi connectivity index (χ3v) is 2.96. The lowest BCUT2D eigenvalue weighted by Crippen LogP contribution is -2.33. The van der Waals surface area contributed by atoms with Gasteiger partial charge in [-0.05, 0) is 25.0 Å². The molecule has 0 atom stereocenters. The van der Waals surface area contributed by atoms with E-state index in [0.717, 1.165) is 31.0 Å². The van der Waals surface area contributed by atoms with Gasteiger partial charge in [-0.15, -0.1) is 6.58 Å². The molecule has 0 spiro atoms. The molecule has 0 radical (unpaired) electrons. The van der Waals surface area contributed by atoms with Crippen molar-refractivity contribution in [1.29, 1.82) is 0 Å². The van der Waals surface area contributed by atoms with Crippen LogP contribution in [0.3, 0.4) is 0 Å². The average Bonchev–Trinajstić information content (AvgIpc) is 3.19. The topological polar surface area (TPSA) is 63.5 Å². The van der Waals surface area contributed by atoms with Gasteiger partial charge in [0.15, 0.2) is 0 Å². The Kier molecular flexibility index (Phi) is 3.59. The van der Waals surface area contributed by atoms with Crippen molar-refractivity contribution >= 4 is 11.6 Å². The average molecular weight is 264 g/mol. The molecule has 1 aliphatic carbocycles. The van der Waals surface area contributed by atoms with E-state index in [-0.39, 0.29) is 17.3 Å². The molecule has 0 bridgehead atoms. The molecule has 0 N–H and O–H groups in total. The van der Waals surface area contributed by atoms with Crippen molar-refractivity contribution in [3.63, 3.8) is 0 Å². The number of carbonyl (C=O) groups excluding carboxylic acids is 1. The second-order valence-electron chi connectivity index (χ2n) is 4.40. The molecule has 5 nitrogen and oxygen atoms in total. The van der Waals surface area contributed by atoms with Crippen LogP contribution in [0.15, 0.2) is 30.9 Å². The number of carbonyl (C=O) groups is 1. The minimum atomic E-state index is -0.675. The lowest BCUT2D eigenvalue weighted by atomic mass is 10.1. The van der Waals surface area contributed by atoms with Crippen molar-refractivity contribution < 1.29 is 14.1 Å². The first-order valence-corrected chi connectivity index (χ1v) is 5.90. The van der Waals surface area contributed by atoms with E-state index in [2.05, 4.69) is 6.58 Å². The standard InChI is InChI=1S/C13H13FN2O3/c1-2-7-15(10-4-5-10)13(17)11-8-9(14)3-6-12(11)16(18)19/h2-3,6,8,10H,1,4-5,7H2. The van der Waals surface area contributed by atoms with Gasteiger partial charge in [-0.3, -0.25) is 14.9 Å². The van der Waals surface area contributed by atoms with Crippen LogP contribution in [0, 0.1) is 15.9 Å². The summed E-state index contributed by atoms with van der Waals surface area (Å²) in [5.41, 5.74) is -0.583. The number of halogens is 1. The molecule has 0 aromatic heterocycles. The van der Waals surface area contributed by atoms with E-state index in [0.29, 0.717) is 6.54 Å². The van der Waals surface area contributed by atoms with E-state index in [9.17, 15) is 19.3 Å². The van der Waals surface area contributed by atoms with E-state index in [1.54, 1.807) is 6.08 Å². The highest BCUT2D eigenvalue weighted by atomic mass is 19.1. The zero-order chi connectivity index (χ0) is 14.0. The molecule has 0 unspecified atom stereocenters. The highest BCUT2D eigenvalue weighted by Gasteiger charge is 2.34. The maximum Gasteiger partial charge on any atom is 0.282 e. The minimum Gasteiger partial charge on any atom is -0.332 e. The van der Waals surface area contributed by atoms with Crippen LogP contribution in [0.1, 0.15) is 23.2 Å². The third kappa shape index (κ3) is 2.78. The summed E-state index contributed by atoms with van der Waals surface area (Å²) in [5.74, 6) is -1.18. The molecule has 2 rings (SSSR count). The minimum absolute atomic E-state index is 0.0772. The Balaban J connectivity index is 2.38. The number of rotatable bonds is 5. The molecule has 100 valence electrons. The first-order valence-electron chi connectivity index (χ1n) is 5.90. The van der Waals surface area contributed by atoms with Crippen LogP contribution in [0.5, 0.6) is 0 Å². The summed E-state index contributed by atoms with van der Waals surface area (Å²) in [6.07, 6.45) is 3.28. The molecule has 19 heavy (non-hydrogen) atoms. The van der Waals surface area contributed by atoms with Gasteiger partial charge >= 0.3 is 0 Å². The summed E-state index contributed by atoms with van der Waals surface area (Å²) in [7, 11) is 0. The van der Waals surface area contributed by atoms with Crippen LogP contribution in [-0.2, 0) is 0 Å². The first-order chi connectivity index (χ1) is 9.04. The Hall–Kier alpha value is -2.24. The van der Waals surface area contributed by atoms with Gasteiger partial charge in [-0.2, -0.15) is 0 Å². The van der Waals surface area contributed by atoms with Gasteiger partial charge < -0.3 is 4.90 Å².